The zero-order chi connectivity index (χ0) is 13.9. The number of nitrogens with zero attached hydrogens (tertiary/aromatic N) is 5. The van der Waals surface area contributed by atoms with Gasteiger partial charge < -0.3 is 10.0 Å². The summed E-state index contributed by atoms with van der Waals surface area (Å²) in [4.78, 5) is 14.1. The average molecular weight is 273 g/mol. The second-order valence-electron chi connectivity index (χ2n) is 4.78. The van der Waals surface area contributed by atoms with Gasteiger partial charge in [0, 0.05) is 12.1 Å². The van der Waals surface area contributed by atoms with Gasteiger partial charge >= 0.3 is 0 Å². The van der Waals surface area contributed by atoms with E-state index in [-0.39, 0.29) is 18.6 Å². The van der Waals surface area contributed by atoms with Crippen molar-refractivity contribution in [3.63, 3.8) is 0 Å². The summed E-state index contributed by atoms with van der Waals surface area (Å²) in [5.41, 5.74) is 1.41. The Bertz CT molecular complexity index is 581. The number of hydrogen-bond donors (Lipinski definition) is 1. The highest BCUT2D eigenvalue weighted by Gasteiger charge is 2.28. The number of aliphatic hydroxyl groups excluding tert-OH is 1. The van der Waals surface area contributed by atoms with Gasteiger partial charge in [0.1, 0.15) is 6.33 Å². The fraction of sp³-hybridized carbons (Fsp3) is 0.385. The monoisotopic (exact) mass is 273 g/mol. The summed E-state index contributed by atoms with van der Waals surface area (Å²) in [7, 11) is 0. The molecule has 1 aromatic heterocycles. The molecule has 3 rings (SSSR count). The first-order chi connectivity index (χ1) is 9.79. The van der Waals surface area contributed by atoms with Gasteiger partial charge in [0.05, 0.1) is 18.3 Å². The summed E-state index contributed by atoms with van der Waals surface area (Å²) in [5, 5.41) is 20.2. The standard InChI is InChI=1S/C13H15N5O2/c19-8-12-2-1-7-17(12)13(20)10-3-5-11(6-4-10)18-9-14-15-16-18/h3-6,9,12,19H,1-2,7-8H2/t12-/m1/s1. The predicted octanol–water partition coefficient (Wildman–Crippen LogP) is 0.259. The Morgan fingerprint density at radius 2 is 2.15 bits per heavy atom. The van der Waals surface area contributed by atoms with Gasteiger partial charge in [-0.05, 0) is 47.5 Å². The molecule has 1 fully saturated rings. The summed E-state index contributed by atoms with van der Waals surface area (Å²) in [5.74, 6) is -0.0372. The predicted molar refractivity (Wildman–Crippen MR) is 70.3 cm³/mol. The van der Waals surface area contributed by atoms with Gasteiger partial charge in [-0.15, -0.1) is 5.10 Å². The van der Waals surface area contributed by atoms with Gasteiger partial charge in [0.2, 0.25) is 0 Å². The normalized spacial score (nSPS) is 18.4. The lowest BCUT2D eigenvalue weighted by Crippen LogP contribution is -2.37. The number of rotatable bonds is 3. The Balaban J connectivity index is 1.79. The van der Waals surface area contributed by atoms with Crippen LogP contribution in [0, 0.1) is 0 Å². The zero-order valence-electron chi connectivity index (χ0n) is 10.9. The van der Waals surface area contributed by atoms with Crippen molar-refractivity contribution < 1.29 is 9.90 Å². The van der Waals surface area contributed by atoms with Crippen LogP contribution >= 0.6 is 0 Å². The fourth-order valence-corrected chi connectivity index (χ4v) is 2.50. The molecule has 7 nitrogen and oxygen atoms in total. The molecule has 0 saturated carbocycles. The third-order valence-electron chi connectivity index (χ3n) is 3.58. The van der Waals surface area contributed by atoms with Crippen LogP contribution in [0.3, 0.4) is 0 Å². The molecule has 0 radical (unpaired) electrons. The number of benzene rings is 1. The van der Waals surface area contributed by atoms with E-state index < -0.39 is 0 Å². The molecule has 1 aliphatic heterocycles. The molecule has 0 bridgehead atoms. The molecule has 0 spiro atoms. The number of tetrazole rings is 1. The van der Waals surface area contributed by atoms with E-state index in [0.29, 0.717) is 12.1 Å². The molecular weight excluding hydrogens is 258 g/mol. The number of aliphatic hydroxyl groups is 1. The van der Waals surface area contributed by atoms with Crippen molar-refractivity contribution in [1.82, 2.24) is 25.1 Å². The molecule has 7 heteroatoms. The van der Waals surface area contributed by atoms with Crippen LogP contribution in [-0.4, -0.2) is 55.3 Å². The van der Waals surface area contributed by atoms with Gasteiger partial charge in [-0.3, -0.25) is 4.79 Å². The second-order valence-corrected chi connectivity index (χ2v) is 4.78. The van der Waals surface area contributed by atoms with E-state index in [1.807, 2.05) is 0 Å². The van der Waals surface area contributed by atoms with Crippen LogP contribution in [0.4, 0.5) is 0 Å². The van der Waals surface area contributed by atoms with Gasteiger partial charge in [0.15, 0.2) is 0 Å². The molecule has 1 atom stereocenters. The molecule has 0 aliphatic carbocycles. The van der Waals surface area contributed by atoms with Crippen molar-refractivity contribution in [2.75, 3.05) is 13.2 Å². The zero-order valence-corrected chi connectivity index (χ0v) is 10.9. The maximum atomic E-state index is 12.4. The van der Waals surface area contributed by atoms with Crippen LogP contribution in [-0.2, 0) is 0 Å². The van der Waals surface area contributed by atoms with Crippen molar-refractivity contribution in [2.45, 2.75) is 18.9 Å². The van der Waals surface area contributed by atoms with E-state index in [9.17, 15) is 9.90 Å². The molecule has 2 aromatic rings. The van der Waals surface area contributed by atoms with Gasteiger partial charge in [-0.1, -0.05) is 0 Å². The highest BCUT2D eigenvalue weighted by Crippen LogP contribution is 2.20. The molecule has 0 unspecified atom stereocenters. The van der Waals surface area contributed by atoms with Crippen LogP contribution in [0.2, 0.25) is 0 Å². The number of carbonyl (C=O) groups is 1. The summed E-state index contributed by atoms with van der Waals surface area (Å²) in [6.07, 6.45) is 3.31. The van der Waals surface area contributed by atoms with Crippen molar-refractivity contribution in [2.24, 2.45) is 0 Å². The lowest BCUT2D eigenvalue weighted by Gasteiger charge is -2.23. The van der Waals surface area contributed by atoms with Crippen LogP contribution in [0.5, 0.6) is 0 Å². The number of amides is 1. The van der Waals surface area contributed by atoms with Crippen molar-refractivity contribution >= 4 is 5.91 Å². The van der Waals surface area contributed by atoms with Gasteiger partial charge in [-0.25, -0.2) is 4.68 Å². The van der Waals surface area contributed by atoms with E-state index in [1.165, 1.54) is 11.0 Å². The number of hydrogen-bond acceptors (Lipinski definition) is 5. The average Bonchev–Trinajstić information content (AvgIpc) is 3.17. The van der Waals surface area contributed by atoms with E-state index >= 15 is 0 Å². The molecule has 1 N–H and O–H groups in total. The van der Waals surface area contributed by atoms with E-state index in [2.05, 4.69) is 15.5 Å². The maximum Gasteiger partial charge on any atom is 0.254 e. The maximum absolute atomic E-state index is 12.4. The number of aromatic nitrogens is 4. The number of likely N-dealkylation sites (tertiary alicyclic amines) is 1. The van der Waals surface area contributed by atoms with E-state index in [0.717, 1.165) is 18.5 Å². The Hall–Kier alpha value is -2.28. The molecule has 1 saturated heterocycles. The van der Waals surface area contributed by atoms with Gasteiger partial charge in [-0.2, -0.15) is 0 Å². The van der Waals surface area contributed by atoms with Crippen molar-refractivity contribution in [3.8, 4) is 5.69 Å². The Morgan fingerprint density at radius 3 is 2.80 bits per heavy atom. The minimum absolute atomic E-state index is 0.0223. The minimum atomic E-state index is -0.0540. The minimum Gasteiger partial charge on any atom is -0.394 e. The first kappa shape index (κ1) is 12.7. The molecule has 1 aromatic carbocycles. The summed E-state index contributed by atoms with van der Waals surface area (Å²) >= 11 is 0. The summed E-state index contributed by atoms with van der Waals surface area (Å²) in [6.45, 7) is 0.729. The smallest absolute Gasteiger partial charge is 0.254 e. The third-order valence-corrected chi connectivity index (χ3v) is 3.58. The quantitative estimate of drug-likeness (QED) is 0.867. The number of carbonyl (C=O) groups excluding carboxylic acids is 1. The third kappa shape index (κ3) is 2.27. The Kier molecular flexibility index (Phi) is 3.42. The molecule has 1 aliphatic rings. The summed E-state index contributed by atoms with van der Waals surface area (Å²) < 4.78 is 1.53. The van der Waals surface area contributed by atoms with Gasteiger partial charge in [0.25, 0.3) is 5.91 Å². The molecule has 104 valence electrons. The van der Waals surface area contributed by atoms with E-state index in [4.69, 9.17) is 0 Å². The second kappa shape index (κ2) is 5.38. The topological polar surface area (TPSA) is 84.1 Å². The lowest BCUT2D eigenvalue weighted by molar-refractivity contribution is 0.0677. The van der Waals surface area contributed by atoms with Crippen LogP contribution < -0.4 is 0 Å². The lowest BCUT2D eigenvalue weighted by atomic mass is 10.1. The summed E-state index contributed by atoms with van der Waals surface area (Å²) in [6, 6.07) is 7.06. The van der Waals surface area contributed by atoms with Crippen LogP contribution in [0.15, 0.2) is 30.6 Å². The van der Waals surface area contributed by atoms with Crippen molar-refractivity contribution in [3.05, 3.63) is 36.2 Å². The molecule has 1 amide bonds. The van der Waals surface area contributed by atoms with Crippen LogP contribution in [0.25, 0.3) is 5.69 Å². The first-order valence-electron chi connectivity index (χ1n) is 6.55. The molecule has 2 heterocycles. The molecule has 20 heavy (non-hydrogen) atoms. The fourth-order valence-electron chi connectivity index (χ4n) is 2.50. The van der Waals surface area contributed by atoms with Crippen molar-refractivity contribution in [1.29, 1.82) is 0 Å². The highest BCUT2D eigenvalue weighted by atomic mass is 16.3. The Labute approximate surface area is 115 Å². The SMILES string of the molecule is O=C(c1ccc(-n2cnnn2)cc1)N1CCC[C@@H]1CO. The van der Waals surface area contributed by atoms with E-state index in [1.54, 1.807) is 29.2 Å². The Morgan fingerprint density at radius 1 is 1.35 bits per heavy atom. The largest absolute Gasteiger partial charge is 0.394 e. The highest BCUT2D eigenvalue weighted by molar-refractivity contribution is 5.94. The first-order valence-corrected chi connectivity index (χ1v) is 6.55. The van der Waals surface area contributed by atoms with Crippen LogP contribution in [0.1, 0.15) is 23.2 Å². The molecular formula is C13H15N5O2.